The Morgan fingerprint density at radius 1 is 0.607 bits per heavy atom. The van der Waals surface area contributed by atoms with Crippen molar-refractivity contribution in [3.63, 3.8) is 0 Å². The van der Waals surface area contributed by atoms with Crippen LogP contribution in [0.1, 0.15) is 181 Å². The second-order valence-electron chi connectivity index (χ2n) is 16.5. The summed E-state index contributed by atoms with van der Waals surface area (Å²) < 4.78 is 53.6. The van der Waals surface area contributed by atoms with Crippen molar-refractivity contribution in [1.82, 2.24) is 0 Å². The van der Waals surface area contributed by atoms with E-state index in [0.717, 1.165) is 50.9 Å². The SMILES string of the molecule is CCCCC/C=C\C/C=C\CC1OC1C/C=C\CCCC(=O)OC[C@H](COP(=O)(O)OC[C@@H](O)COP(=O)(O)O)OC(=O)CCCCCCCCCCCCCCCC(C)C. The summed E-state index contributed by atoms with van der Waals surface area (Å²) in [6, 6.07) is 0. The zero-order valence-corrected chi connectivity index (χ0v) is 39.4. The van der Waals surface area contributed by atoms with Crippen molar-refractivity contribution < 1.29 is 66.3 Å². The molecule has 5 atom stereocenters. The zero-order valence-electron chi connectivity index (χ0n) is 37.6. The van der Waals surface area contributed by atoms with Gasteiger partial charge in [-0.1, -0.05) is 154 Å². The molecule has 16 heteroatoms. The number of aliphatic hydroxyl groups is 1. The molecule has 1 fully saturated rings. The number of phosphoric acid groups is 2. The van der Waals surface area contributed by atoms with E-state index in [0.29, 0.717) is 19.3 Å². The number of hydrogen-bond donors (Lipinski definition) is 4. The van der Waals surface area contributed by atoms with Crippen LogP contribution in [0.2, 0.25) is 0 Å². The quantitative estimate of drug-likeness (QED) is 0.0148. The van der Waals surface area contributed by atoms with E-state index in [1.807, 2.05) is 6.08 Å². The van der Waals surface area contributed by atoms with Gasteiger partial charge in [-0.2, -0.15) is 0 Å². The van der Waals surface area contributed by atoms with Gasteiger partial charge in [0, 0.05) is 12.8 Å². The minimum atomic E-state index is -4.87. The Bertz CT molecular complexity index is 1300. The van der Waals surface area contributed by atoms with Crippen LogP contribution in [0.15, 0.2) is 36.5 Å². The Hall–Kier alpha value is -1.70. The molecular formula is C45H82O14P2. The van der Waals surface area contributed by atoms with Crippen molar-refractivity contribution in [2.24, 2.45) is 5.92 Å². The molecular weight excluding hydrogens is 826 g/mol. The van der Waals surface area contributed by atoms with E-state index < -0.39 is 66.2 Å². The largest absolute Gasteiger partial charge is 0.472 e. The second kappa shape index (κ2) is 36.6. The molecule has 0 amide bonds. The fourth-order valence-corrected chi connectivity index (χ4v) is 7.61. The van der Waals surface area contributed by atoms with Crippen molar-refractivity contribution in [2.45, 2.75) is 206 Å². The summed E-state index contributed by atoms with van der Waals surface area (Å²) in [7, 11) is -9.69. The molecule has 1 aliphatic rings. The van der Waals surface area contributed by atoms with Crippen LogP contribution in [0.5, 0.6) is 0 Å². The maximum absolute atomic E-state index is 12.7. The van der Waals surface area contributed by atoms with Gasteiger partial charge in [0.25, 0.3) is 0 Å². The summed E-state index contributed by atoms with van der Waals surface area (Å²) in [4.78, 5) is 52.8. The highest BCUT2D eigenvalue weighted by molar-refractivity contribution is 7.47. The zero-order chi connectivity index (χ0) is 45.0. The van der Waals surface area contributed by atoms with Crippen molar-refractivity contribution in [3.05, 3.63) is 36.5 Å². The Kier molecular flexibility index (Phi) is 34.4. The standard InChI is InChI=1S/C45H82O14P2/c1-4-5-6-7-8-14-18-21-26-31-42-43(59-42)32-27-23-24-28-33-44(47)54-37-41(38-57-61(52,53)56-36-40(46)35-55-60(49,50)51)58-45(48)34-29-22-19-16-13-11-9-10-12-15-17-20-25-30-39(2)3/h8,14,21,23,26-27,39-43,46H,4-7,9-13,15-20,22,24-25,28-38H2,1-3H3,(H,52,53)(H2,49,50,51)/b14-8-,26-21-,27-23-/t40-,41+,42?,43?/m0/s1. The Morgan fingerprint density at radius 3 is 1.72 bits per heavy atom. The summed E-state index contributed by atoms with van der Waals surface area (Å²) in [5.41, 5.74) is 0. The smallest absolute Gasteiger partial charge is 0.462 e. The first-order valence-electron chi connectivity index (χ1n) is 23.2. The lowest BCUT2D eigenvalue weighted by atomic mass is 10.0. The third kappa shape index (κ3) is 38.5. The molecule has 0 aromatic carbocycles. The van der Waals surface area contributed by atoms with Gasteiger partial charge in [-0.15, -0.1) is 0 Å². The minimum Gasteiger partial charge on any atom is -0.462 e. The number of allylic oxidation sites excluding steroid dienone is 4. The molecule has 0 bridgehead atoms. The molecule has 14 nitrogen and oxygen atoms in total. The summed E-state index contributed by atoms with van der Waals surface area (Å²) in [5, 5.41) is 9.76. The number of ether oxygens (including phenoxy) is 3. The van der Waals surface area contributed by atoms with E-state index in [4.69, 9.17) is 33.0 Å². The first-order chi connectivity index (χ1) is 29.2. The average molecular weight is 909 g/mol. The van der Waals surface area contributed by atoms with E-state index >= 15 is 0 Å². The number of rotatable bonds is 42. The molecule has 0 saturated carbocycles. The van der Waals surface area contributed by atoms with Gasteiger partial charge in [0.05, 0.1) is 32.0 Å². The molecule has 4 N–H and O–H groups in total. The lowest BCUT2D eigenvalue weighted by molar-refractivity contribution is -0.161. The Morgan fingerprint density at radius 2 is 1.11 bits per heavy atom. The normalized spacial score (nSPS) is 17.7. The number of phosphoric ester groups is 2. The van der Waals surface area contributed by atoms with E-state index in [1.54, 1.807) is 0 Å². The topological polar surface area (TPSA) is 208 Å². The molecule has 0 radical (unpaired) electrons. The highest BCUT2D eigenvalue weighted by Gasteiger charge is 2.36. The van der Waals surface area contributed by atoms with Crippen molar-refractivity contribution in [1.29, 1.82) is 0 Å². The summed E-state index contributed by atoms with van der Waals surface area (Å²) in [6.45, 7) is 3.99. The van der Waals surface area contributed by atoms with Crippen LogP contribution in [0.25, 0.3) is 0 Å². The van der Waals surface area contributed by atoms with Crippen LogP contribution in [0.4, 0.5) is 0 Å². The molecule has 1 heterocycles. The maximum atomic E-state index is 12.7. The van der Waals surface area contributed by atoms with Crippen LogP contribution in [-0.4, -0.2) is 82.6 Å². The third-order valence-corrected chi connectivity index (χ3v) is 11.5. The molecule has 0 spiro atoms. The van der Waals surface area contributed by atoms with Gasteiger partial charge in [0.2, 0.25) is 0 Å². The highest BCUT2D eigenvalue weighted by atomic mass is 31.2. The van der Waals surface area contributed by atoms with Crippen LogP contribution in [0.3, 0.4) is 0 Å². The van der Waals surface area contributed by atoms with Gasteiger partial charge in [0.1, 0.15) is 12.7 Å². The monoisotopic (exact) mass is 909 g/mol. The highest BCUT2D eigenvalue weighted by Crippen LogP contribution is 2.44. The number of hydrogen-bond acceptors (Lipinski definition) is 11. The summed E-state index contributed by atoms with van der Waals surface area (Å²) >= 11 is 0. The van der Waals surface area contributed by atoms with Gasteiger partial charge >= 0.3 is 27.6 Å². The maximum Gasteiger partial charge on any atom is 0.472 e. The predicted octanol–water partition coefficient (Wildman–Crippen LogP) is 10.9. The van der Waals surface area contributed by atoms with Gasteiger partial charge < -0.3 is 34.0 Å². The number of esters is 2. The number of carbonyl (C=O) groups excluding carboxylic acids is 2. The van der Waals surface area contributed by atoms with Crippen LogP contribution in [-0.2, 0) is 46.5 Å². The first-order valence-corrected chi connectivity index (χ1v) is 26.2. The minimum absolute atomic E-state index is 0.112. The second-order valence-corrected chi connectivity index (χ2v) is 19.2. The third-order valence-electron chi connectivity index (χ3n) is 10.1. The molecule has 1 aliphatic heterocycles. The molecule has 61 heavy (non-hydrogen) atoms. The number of aliphatic hydroxyl groups excluding tert-OH is 1. The molecule has 1 saturated heterocycles. The van der Waals surface area contributed by atoms with Gasteiger partial charge in [-0.3, -0.25) is 23.2 Å². The predicted molar refractivity (Wildman–Crippen MR) is 239 cm³/mol. The molecule has 0 aromatic rings. The van der Waals surface area contributed by atoms with Crippen molar-refractivity contribution in [2.75, 3.05) is 26.4 Å². The van der Waals surface area contributed by atoms with Gasteiger partial charge in [-0.05, 0) is 57.3 Å². The van der Waals surface area contributed by atoms with E-state index in [1.165, 1.54) is 83.5 Å². The van der Waals surface area contributed by atoms with Crippen molar-refractivity contribution in [3.8, 4) is 0 Å². The molecule has 0 aliphatic carbocycles. The van der Waals surface area contributed by atoms with Crippen LogP contribution < -0.4 is 0 Å². The fourth-order valence-electron chi connectivity index (χ4n) is 6.45. The summed E-state index contributed by atoms with van der Waals surface area (Å²) in [5.74, 6) is -0.304. The first kappa shape index (κ1) is 57.3. The number of unbranched alkanes of at least 4 members (excludes halogenated alkanes) is 16. The Labute approximate surface area is 367 Å². The molecule has 356 valence electrons. The van der Waals surface area contributed by atoms with Gasteiger partial charge in [0.15, 0.2) is 6.10 Å². The van der Waals surface area contributed by atoms with Crippen LogP contribution in [0, 0.1) is 5.92 Å². The Balaban J connectivity index is 2.38. The molecule has 3 unspecified atom stereocenters. The van der Waals surface area contributed by atoms with Crippen LogP contribution >= 0.6 is 15.6 Å². The lowest BCUT2D eigenvalue weighted by Gasteiger charge is -2.20. The number of carbonyl (C=O) groups is 2. The molecule has 1 rings (SSSR count). The number of epoxide rings is 1. The fraction of sp³-hybridized carbons (Fsp3) is 0.822. The van der Waals surface area contributed by atoms with Gasteiger partial charge in [-0.25, -0.2) is 9.13 Å². The molecule has 0 aromatic heterocycles. The average Bonchev–Trinajstić information content (AvgIpc) is 3.96. The van der Waals surface area contributed by atoms with E-state index in [-0.39, 0.29) is 25.0 Å². The van der Waals surface area contributed by atoms with Crippen molar-refractivity contribution >= 4 is 27.6 Å². The van der Waals surface area contributed by atoms with E-state index in [9.17, 15) is 28.7 Å². The summed E-state index contributed by atoms with van der Waals surface area (Å²) in [6.07, 6.45) is 36.0. The lowest BCUT2D eigenvalue weighted by Crippen LogP contribution is -2.30. The van der Waals surface area contributed by atoms with E-state index in [2.05, 4.69) is 55.7 Å².